The van der Waals surface area contributed by atoms with E-state index < -0.39 is 5.97 Å². The fourth-order valence-electron chi connectivity index (χ4n) is 2.10. The highest BCUT2D eigenvalue weighted by Crippen LogP contribution is 2.23. The summed E-state index contributed by atoms with van der Waals surface area (Å²) >= 11 is 5.99. The van der Waals surface area contributed by atoms with E-state index in [1.165, 1.54) is 0 Å². The average Bonchev–Trinajstić information content (AvgIpc) is 2.60. The first-order chi connectivity index (χ1) is 12.1. The number of nitrogens with one attached hydrogen (secondary N) is 2. The summed E-state index contributed by atoms with van der Waals surface area (Å²) < 4.78 is 0. The van der Waals surface area contributed by atoms with E-state index >= 15 is 0 Å². The van der Waals surface area contributed by atoms with Gasteiger partial charge < -0.3 is 15.7 Å². The third-order valence-electron chi connectivity index (χ3n) is 3.15. The van der Waals surface area contributed by atoms with Crippen LogP contribution in [0.4, 0.5) is 17.5 Å². The largest absolute Gasteiger partial charge is 0.480 e. The van der Waals surface area contributed by atoms with Crippen molar-refractivity contribution in [2.45, 2.75) is 0 Å². The standard InChI is InChI=1S/C17H14ClN5O2/c18-11-4-3-5-12(8-11)21-15-9-14(13-6-1-2-7-19-13)22-17(23-15)20-10-16(24)25/h1-9H,10H2,(H,24,25)(H2,20,21,22,23). The van der Waals surface area contributed by atoms with Crippen LogP contribution in [0.25, 0.3) is 11.4 Å². The van der Waals surface area contributed by atoms with E-state index in [0.717, 1.165) is 5.69 Å². The summed E-state index contributed by atoms with van der Waals surface area (Å²) in [5, 5.41) is 15.2. The van der Waals surface area contributed by atoms with Crippen LogP contribution < -0.4 is 10.6 Å². The van der Waals surface area contributed by atoms with Crippen LogP contribution in [0.3, 0.4) is 0 Å². The Balaban J connectivity index is 1.95. The number of benzene rings is 1. The molecule has 8 heteroatoms. The van der Waals surface area contributed by atoms with Gasteiger partial charge in [-0.3, -0.25) is 9.78 Å². The van der Waals surface area contributed by atoms with Crippen LogP contribution in [-0.4, -0.2) is 32.6 Å². The van der Waals surface area contributed by atoms with Gasteiger partial charge in [-0.2, -0.15) is 4.98 Å². The van der Waals surface area contributed by atoms with Crippen LogP contribution in [0.5, 0.6) is 0 Å². The summed E-state index contributed by atoms with van der Waals surface area (Å²) in [7, 11) is 0. The topological polar surface area (TPSA) is 100 Å². The Labute approximate surface area is 148 Å². The van der Waals surface area contributed by atoms with Crippen molar-refractivity contribution in [2.75, 3.05) is 17.2 Å². The van der Waals surface area contributed by atoms with E-state index in [1.807, 2.05) is 24.3 Å². The van der Waals surface area contributed by atoms with Gasteiger partial charge in [-0.15, -0.1) is 0 Å². The molecule has 0 aliphatic rings. The molecular weight excluding hydrogens is 342 g/mol. The van der Waals surface area contributed by atoms with E-state index in [-0.39, 0.29) is 12.5 Å². The highest BCUT2D eigenvalue weighted by atomic mass is 35.5. The molecule has 0 bridgehead atoms. The van der Waals surface area contributed by atoms with Gasteiger partial charge in [0.15, 0.2) is 0 Å². The van der Waals surface area contributed by atoms with Crippen molar-refractivity contribution >= 4 is 35.0 Å². The lowest BCUT2D eigenvalue weighted by molar-refractivity contribution is -0.134. The first-order valence-corrected chi connectivity index (χ1v) is 7.77. The monoisotopic (exact) mass is 355 g/mol. The lowest BCUT2D eigenvalue weighted by Gasteiger charge is -2.10. The van der Waals surface area contributed by atoms with E-state index in [2.05, 4.69) is 25.6 Å². The summed E-state index contributed by atoms with van der Waals surface area (Å²) in [6.07, 6.45) is 1.66. The molecule has 0 spiro atoms. The van der Waals surface area contributed by atoms with Gasteiger partial charge in [0.25, 0.3) is 0 Å². The van der Waals surface area contributed by atoms with Crippen LogP contribution >= 0.6 is 11.6 Å². The molecule has 0 saturated heterocycles. The van der Waals surface area contributed by atoms with Crippen LogP contribution in [0, 0.1) is 0 Å². The van der Waals surface area contributed by atoms with Gasteiger partial charge in [-0.1, -0.05) is 23.7 Å². The van der Waals surface area contributed by atoms with Crippen LogP contribution in [0.15, 0.2) is 54.7 Å². The molecule has 0 unspecified atom stereocenters. The molecule has 0 saturated carbocycles. The minimum Gasteiger partial charge on any atom is -0.480 e. The second kappa shape index (κ2) is 7.59. The molecule has 0 aliphatic heterocycles. The molecule has 0 radical (unpaired) electrons. The van der Waals surface area contributed by atoms with E-state index in [4.69, 9.17) is 16.7 Å². The van der Waals surface area contributed by atoms with Crippen LogP contribution in [0.2, 0.25) is 5.02 Å². The predicted octanol–water partition coefficient (Wildman–Crippen LogP) is 3.43. The molecule has 7 nitrogen and oxygen atoms in total. The van der Waals surface area contributed by atoms with Crippen molar-refractivity contribution < 1.29 is 9.90 Å². The Hall–Kier alpha value is -3.19. The van der Waals surface area contributed by atoms with E-state index in [1.54, 1.807) is 30.5 Å². The van der Waals surface area contributed by atoms with Gasteiger partial charge in [0.1, 0.15) is 12.4 Å². The number of halogens is 1. The van der Waals surface area contributed by atoms with Crippen molar-refractivity contribution in [2.24, 2.45) is 0 Å². The van der Waals surface area contributed by atoms with Crippen molar-refractivity contribution in [3.05, 3.63) is 59.8 Å². The molecule has 126 valence electrons. The van der Waals surface area contributed by atoms with Gasteiger partial charge in [0, 0.05) is 23.0 Å². The quantitative estimate of drug-likeness (QED) is 0.622. The summed E-state index contributed by atoms with van der Waals surface area (Å²) in [6.45, 7) is -0.289. The Morgan fingerprint density at radius 1 is 1.08 bits per heavy atom. The number of aromatic nitrogens is 3. The number of nitrogens with zero attached hydrogens (tertiary/aromatic N) is 3. The molecule has 0 aliphatic carbocycles. The summed E-state index contributed by atoms with van der Waals surface area (Å²) in [4.78, 5) is 23.7. The third-order valence-corrected chi connectivity index (χ3v) is 3.38. The first-order valence-electron chi connectivity index (χ1n) is 7.39. The molecule has 0 fully saturated rings. The lowest BCUT2D eigenvalue weighted by atomic mass is 10.2. The number of carbonyl (C=O) groups is 1. The molecule has 1 aromatic carbocycles. The minimum atomic E-state index is -1.00. The zero-order valence-electron chi connectivity index (χ0n) is 13.0. The fourth-order valence-corrected chi connectivity index (χ4v) is 2.29. The number of aliphatic carboxylic acids is 1. The number of hydrogen-bond donors (Lipinski definition) is 3. The van der Waals surface area contributed by atoms with Crippen molar-refractivity contribution in [3.8, 4) is 11.4 Å². The summed E-state index contributed by atoms with van der Waals surface area (Å²) in [6, 6.07) is 14.4. The number of hydrogen-bond acceptors (Lipinski definition) is 6. The van der Waals surface area contributed by atoms with Crippen LogP contribution in [-0.2, 0) is 4.79 Å². The number of pyridine rings is 1. The fraction of sp³-hybridized carbons (Fsp3) is 0.0588. The highest BCUT2D eigenvalue weighted by Gasteiger charge is 2.09. The molecule has 0 atom stereocenters. The number of anilines is 3. The van der Waals surface area contributed by atoms with Gasteiger partial charge in [0.2, 0.25) is 5.95 Å². The molecule has 0 amide bonds. The van der Waals surface area contributed by atoms with Crippen molar-refractivity contribution in [3.63, 3.8) is 0 Å². The molecule has 2 aromatic heterocycles. The third kappa shape index (κ3) is 4.65. The molecule has 2 heterocycles. The molecule has 3 aromatic rings. The molecule has 25 heavy (non-hydrogen) atoms. The highest BCUT2D eigenvalue weighted by molar-refractivity contribution is 6.30. The Morgan fingerprint density at radius 2 is 1.96 bits per heavy atom. The lowest BCUT2D eigenvalue weighted by Crippen LogP contribution is -2.15. The average molecular weight is 356 g/mol. The summed E-state index contributed by atoms with van der Waals surface area (Å²) in [5.74, 6) is -0.322. The second-order valence-corrected chi connectivity index (χ2v) is 5.50. The predicted molar refractivity (Wildman–Crippen MR) is 96.1 cm³/mol. The van der Waals surface area contributed by atoms with E-state index in [9.17, 15) is 4.79 Å². The maximum absolute atomic E-state index is 10.8. The molecular formula is C17H14ClN5O2. The minimum absolute atomic E-state index is 0.190. The number of carboxylic acids is 1. The maximum Gasteiger partial charge on any atom is 0.322 e. The zero-order valence-corrected chi connectivity index (χ0v) is 13.7. The van der Waals surface area contributed by atoms with Gasteiger partial charge in [-0.25, -0.2) is 4.98 Å². The molecule has 3 N–H and O–H groups in total. The van der Waals surface area contributed by atoms with Crippen LogP contribution in [0.1, 0.15) is 0 Å². The zero-order chi connectivity index (χ0) is 17.6. The van der Waals surface area contributed by atoms with Gasteiger partial charge >= 0.3 is 5.97 Å². The SMILES string of the molecule is O=C(O)CNc1nc(Nc2cccc(Cl)c2)cc(-c2ccccn2)n1. The summed E-state index contributed by atoms with van der Waals surface area (Å²) in [5.41, 5.74) is 1.97. The van der Waals surface area contributed by atoms with Crippen molar-refractivity contribution in [1.29, 1.82) is 0 Å². The van der Waals surface area contributed by atoms with Gasteiger partial charge in [-0.05, 0) is 30.3 Å². The van der Waals surface area contributed by atoms with E-state index in [0.29, 0.717) is 22.2 Å². The molecule has 3 rings (SSSR count). The van der Waals surface area contributed by atoms with Crippen molar-refractivity contribution in [1.82, 2.24) is 15.0 Å². The smallest absolute Gasteiger partial charge is 0.322 e. The Kier molecular flexibility index (Phi) is 5.06. The number of rotatable bonds is 6. The normalized spacial score (nSPS) is 10.3. The first kappa shape index (κ1) is 16.7. The second-order valence-electron chi connectivity index (χ2n) is 5.06. The van der Waals surface area contributed by atoms with Gasteiger partial charge in [0.05, 0.1) is 11.4 Å². The maximum atomic E-state index is 10.8. The Morgan fingerprint density at radius 3 is 2.68 bits per heavy atom. The Bertz CT molecular complexity index is 889. The number of carboxylic acid groups (broad SMARTS) is 1.